The van der Waals surface area contributed by atoms with Crippen molar-refractivity contribution in [3.63, 3.8) is 0 Å². The molecular formula is C17H30N2O4. The number of carbonyl (C=O) groups is 2. The van der Waals surface area contributed by atoms with Crippen LogP contribution >= 0.6 is 0 Å². The van der Waals surface area contributed by atoms with Gasteiger partial charge in [0.15, 0.2) is 0 Å². The van der Waals surface area contributed by atoms with Gasteiger partial charge >= 0.3 is 0 Å². The summed E-state index contributed by atoms with van der Waals surface area (Å²) in [6, 6.07) is 0.185. The number of ether oxygens (including phenoxy) is 2. The number of hydrogen-bond donors (Lipinski definition) is 0. The standard InChI is InChI=1S/C17H30N2O4/c1-5-23-14-12-13(17(14,2)3)18(4)15(20)6-7-16(21)19-8-10-22-11-9-19/h13-14H,5-12H2,1-4H3. The summed E-state index contributed by atoms with van der Waals surface area (Å²) in [6.45, 7) is 9.43. The average molecular weight is 326 g/mol. The highest BCUT2D eigenvalue weighted by Gasteiger charge is 2.51. The minimum Gasteiger partial charge on any atom is -0.378 e. The Morgan fingerprint density at radius 1 is 1.26 bits per heavy atom. The van der Waals surface area contributed by atoms with Crippen LogP contribution in [0.3, 0.4) is 0 Å². The van der Waals surface area contributed by atoms with Gasteiger partial charge in [0.1, 0.15) is 0 Å². The number of hydrogen-bond acceptors (Lipinski definition) is 4. The summed E-state index contributed by atoms with van der Waals surface area (Å²) < 4.78 is 11.0. The molecule has 2 rings (SSSR count). The van der Waals surface area contributed by atoms with Gasteiger partial charge in [-0.3, -0.25) is 9.59 Å². The van der Waals surface area contributed by atoms with E-state index in [-0.39, 0.29) is 42.2 Å². The lowest BCUT2D eigenvalue weighted by Crippen LogP contribution is -2.62. The summed E-state index contributed by atoms with van der Waals surface area (Å²) in [5.41, 5.74) is -0.0331. The molecule has 1 aliphatic heterocycles. The van der Waals surface area contributed by atoms with Crippen molar-refractivity contribution in [3.05, 3.63) is 0 Å². The van der Waals surface area contributed by atoms with Gasteiger partial charge in [-0.15, -0.1) is 0 Å². The maximum atomic E-state index is 12.4. The zero-order valence-corrected chi connectivity index (χ0v) is 14.8. The van der Waals surface area contributed by atoms with E-state index in [0.717, 1.165) is 6.42 Å². The molecule has 2 fully saturated rings. The first-order valence-corrected chi connectivity index (χ1v) is 8.60. The fraction of sp³-hybridized carbons (Fsp3) is 0.882. The van der Waals surface area contributed by atoms with E-state index < -0.39 is 0 Å². The van der Waals surface area contributed by atoms with E-state index in [1.165, 1.54) is 0 Å². The summed E-state index contributed by atoms with van der Waals surface area (Å²) in [7, 11) is 1.84. The van der Waals surface area contributed by atoms with Gasteiger partial charge in [-0.2, -0.15) is 0 Å². The Morgan fingerprint density at radius 2 is 1.91 bits per heavy atom. The molecule has 2 amide bonds. The minimum atomic E-state index is -0.0331. The van der Waals surface area contributed by atoms with Crippen molar-refractivity contribution in [3.8, 4) is 0 Å². The van der Waals surface area contributed by atoms with Gasteiger partial charge in [0, 0.05) is 51.0 Å². The Labute approximate surface area is 139 Å². The van der Waals surface area contributed by atoms with Crippen molar-refractivity contribution < 1.29 is 19.1 Å². The lowest BCUT2D eigenvalue weighted by Gasteiger charge is -2.54. The molecule has 1 heterocycles. The Morgan fingerprint density at radius 3 is 2.48 bits per heavy atom. The molecule has 2 aliphatic rings. The lowest BCUT2D eigenvalue weighted by molar-refractivity contribution is -0.164. The van der Waals surface area contributed by atoms with Crippen LogP contribution in [0.15, 0.2) is 0 Å². The molecule has 1 saturated heterocycles. The van der Waals surface area contributed by atoms with Crippen LogP contribution in [-0.2, 0) is 19.1 Å². The second-order valence-electron chi connectivity index (χ2n) is 7.01. The highest BCUT2D eigenvalue weighted by molar-refractivity contribution is 5.84. The summed E-state index contributed by atoms with van der Waals surface area (Å²) in [5.74, 6) is 0.0924. The predicted octanol–water partition coefficient (Wildman–Crippen LogP) is 1.29. The average Bonchev–Trinajstić information content (AvgIpc) is 2.56. The quantitative estimate of drug-likeness (QED) is 0.738. The Balaban J connectivity index is 1.78. The van der Waals surface area contributed by atoms with E-state index in [1.807, 2.05) is 18.9 Å². The van der Waals surface area contributed by atoms with E-state index in [9.17, 15) is 9.59 Å². The second-order valence-corrected chi connectivity index (χ2v) is 7.01. The monoisotopic (exact) mass is 326 g/mol. The van der Waals surface area contributed by atoms with Gasteiger partial charge in [0.25, 0.3) is 0 Å². The van der Waals surface area contributed by atoms with Crippen molar-refractivity contribution in [1.29, 1.82) is 0 Å². The SMILES string of the molecule is CCOC1CC(N(C)C(=O)CCC(=O)N2CCOCC2)C1(C)C. The molecule has 0 aromatic heterocycles. The number of morpholine rings is 1. The van der Waals surface area contributed by atoms with E-state index >= 15 is 0 Å². The maximum absolute atomic E-state index is 12.4. The summed E-state index contributed by atoms with van der Waals surface area (Å²) in [4.78, 5) is 28.1. The molecule has 6 nitrogen and oxygen atoms in total. The largest absolute Gasteiger partial charge is 0.378 e. The van der Waals surface area contributed by atoms with Crippen LogP contribution in [0.2, 0.25) is 0 Å². The first kappa shape index (κ1) is 18.2. The minimum absolute atomic E-state index is 0.0331. The molecule has 0 radical (unpaired) electrons. The summed E-state index contributed by atoms with van der Waals surface area (Å²) in [5, 5.41) is 0. The smallest absolute Gasteiger partial charge is 0.223 e. The first-order chi connectivity index (χ1) is 10.9. The number of carbonyl (C=O) groups excluding carboxylic acids is 2. The van der Waals surface area contributed by atoms with Crippen LogP contribution in [0, 0.1) is 5.41 Å². The number of nitrogens with zero attached hydrogens (tertiary/aromatic N) is 2. The third-order valence-electron chi connectivity index (χ3n) is 5.27. The molecule has 0 aromatic rings. The molecule has 0 N–H and O–H groups in total. The normalized spacial score (nSPS) is 26.5. The van der Waals surface area contributed by atoms with Crippen molar-refractivity contribution >= 4 is 11.8 Å². The summed E-state index contributed by atoms with van der Waals surface area (Å²) in [6.07, 6.45) is 1.65. The lowest BCUT2D eigenvalue weighted by atomic mass is 9.63. The molecule has 0 spiro atoms. The zero-order chi connectivity index (χ0) is 17.0. The van der Waals surface area contributed by atoms with Gasteiger partial charge in [0.2, 0.25) is 11.8 Å². The third-order valence-corrected chi connectivity index (χ3v) is 5.27. The predicted molar refractivity (Wildman–Crippen MR) is 87.0 cm³/mol. The molecule has 132 valence electrons. The van der Waals surface area contributed by atoms with Crippen LogP contribution in [0.5, 0.6) is 0 Å². The fourth-order valence-corrected chi connectivity index (χ4v) is 3.54. The molecule has 1 aliphatic carbocycles. The van der Waals surface area contributed by atoms with Gasteiger partial charge in [-0.25, -0.2) is 0 Å². The van der Waals surface area contributed by atoms with Crippen LogP contribution in [0.25, 0.3) is 0 Å². The Hall–Kier alpha value is -1.14. The van der Waals surface area contributed by atoms with Crippen LogP contribution < -0.4 is 0 Å². The van der Waals surface area contributed by atoms with Crippen molar-refractivity contribution in [2.24, 2.45) is 5.41 Å². The number of rotatable bonds is 6. The zero-order valence-electron chi connectivity index (χ0n) is 14.8. The highest BCUT2D eigenvalue weighted by Crippen LogP contribution is 2.45. The van der Waals surface area contributed by atoms with E-state index in [1.54, 1.807) is 4.90 Å². The maximum Gasteiger partial charge on any atom is 0.223 e. The molecule has 0 aromatic carbocycles. The molecule has 2 atom stereocenters. The second kappa shape index (κ2) is 7.62. The van der Waals surface area contributed by atoms with Crippen molar-refractivity contribution in [2.75, 3.05) is 40.0 Å². The van der Waals surface area contributed by atoms with Crippen molar-refractivity contribution in [2.45, 2.75) is 52.2 Å². The first-order valence-electron chi connectivity index (χ1n) is 8.60. The van der Waals surface area contributed by atoms with Gasteiger partial charge < -0.3 is 19.3 Å². The van der Waals surface area contributed by atoms with E-state index in [4.69, 9.17) is 9.47 Å². The van der Waals surface area contributed by atoms with Gasteiger partial charge in [-0.1, -0.05) is 13.8 Å². The Bertz CT molecular complexity index is 432. The summed E-state index contributed by atoms with van der Waals surface area (Å²) >= 11 is 0. The molecule has 6 heteroatoms. The van der Waals surface area contributed by atoms with E-state index in [0.29, 0.717) is 32.9 Å². The topological polar surface area (TPSA) is 59.1 Å². The molecule has 2 unspecified atom stereocenters. The fourth-order valence-electron chi connectivity index (χ4n) is 3.54. The third kappa shape index (κ3) is 4.04. The molecule has 0 bridgehead atoms. The molecule has 1 saturated carbocycles. The molecular weight excluding hydrogens is 296 g/mol. The number of amides is 2. The van der Waals surface area contributed by atoms with Crippen LogP contribution in [-0.4, -0.2) is 73.7 Å². The van der Waals surface area contributed by atoms with Gasteiger partial charge in [0.05, 0.1) is 19.3 Å². The van der Waals surface area contributed by atoms with Crippen LogP contribution in [0.4, 0.5) is 0 Å². The molecule has 23 heavy (non-hydrogen) atoms. The Kier molecular flexibility index (Phi) is 6.03. The van der Waals surface area contributed by atoms with Gasteiger partial charge in [-0.05, 0) is 13.3 Å². The van der Waals surface area contributed by atoms with Crippen LogP contribution in [0.1, 0.15) is 40.0 Å². The van der Waals surface area contributed by atoms with E-state index in [2.05, 4.69) is 13.8 Å². The highest BCUT2D eigenvalue weighted by atomic mass is 16.5. The van der Waals surface area contributed by atoms with Crippen molar-refractivity contribution in [1.82, 2.24) is 9.80 Å².